The van der Waals surface area contributed by atoms with Crippen LogP contribution in [0.1, 0.15) is 374 Å². The standard InChI is InChI=1S/C70H130O6/c1-4-7-10-13-16-19-22-25-28-29-30-31-32-33-34-35-36-37-38-39-40-41-43-45-48-51-54-57-60-63-69(72)75-66-67(65-74-68(71)62-59-56-53-50-47-44-27-24-21-18-15-12-9-6-3)76-70(73)64-61-58-55-52-49-46-42-26-23-20-17-14-11-8-5-2/h8,11,17,20,26,42,67H,4-7,9-10,12-16,18-19,21-25,27-41,43-66H2,1-3H3/b11-8-,20-17-,42-26-. The highest BCUT2D eigenvalue weighted by atomic mass is 16.6. The molecule has 0 aliphatic heterocycles. The van der Waals surface area contributed by atoms with E-state index in [1.54, 1.807) is 0 Å². The van der Waals surface area contributed by atoms with Crippen molar-refractivity contribution in [3.05, 3.63) is 36.5 Å². The minimum Gasteiger partial charge on any atom is -0.462 e. The lowest BCUT2D eigenvalue weighted by Crippen LogP contribution is -2.30. The lowest BCUT2D eigenvalue weighted by atomic mass is 10.0. The van der Waals surface area contributed by atoms with Gasteiger partial charge < -0.3 is 14.2 Å². The summed E-state index contributed by atoms with van der Waals surface area (Å²) in [7, 11) is 0. The van der Waals surface area contributed by atoms with Gasteiger partial charge >= 0.3 is 17.9 Å². The first-order valence-corrected chi connectivity index (χ1v) is 34.0. The Morgan fingerprint density at radius 1 is 0.276 bits per heavy atom. The average Bonchev–Trinajstić information content (AvgIpc) is 3.42. The van der Waals surface area contributed by atoms with Crippen LogP contribution < -0.4 is 0 Å². The Balaban J connectivity index is 4.15. The van der Waals surface area contributed by atoms with Crippen molar-refractivity contribution in [3.8, 4) is 0 Å². The van der Waals surface area contributed by atoms with E-state index in [9.17, 15) is 14.4 Å². The molecular formula is C70H130O6. The second-order valence-corrected chi connectivity index (χ2v) is 23.1. The van der Waals surface area contributed by atoms with Crippen molar-refractivity contribution in [2.75, 3.05) is 13.2 Å². The first kappa shape index (κ1) is 73.6. The molecule has 0 aliphatic rings. The molecule has 446 valence electrons. The Kier molecular flexibility index (Phi) is 63.1. The van der Waals surface area contributed by atoms with Crippen molar-refractivity contribution < 1.29 is 28.6 Å². The van der Waals surface area contributed by atoms with E-state index in [1.165, 1.54) is 238 Å². The number of allylic oxidation sites excluding steroid dienone is 6. The minimum absolute atomic E-state index is 0.0739. The largest absolute Gasteiger partial charge is 0.462 e. The third kappa shape index (κ3) is 62.5. The normalized spacial score (nSPS) is 12.2. The number of ether oxygens (including phenoxy) is 3. The van der Waals surface area contributed by atoms with E-state index in [4.69, 9.17) is 14.2 Å². The van der Waals surface area contributed by atoms with Gasteiger partial charge in [0, 0.05) is 19.3 Å². The zero-order valence-corrected chi connectivity index (χ0v) is 51.3. The minimum atomic E-state index is -0.778. The molecule has 0 bridgehead atoms. The zero-order chi connectivity index (χ0) is 55.0. The van der Waals surface area contributed by atoms with Crippen molar-refractivity contribution >= 4 is 17.9 Å². The monoisotopic (exact) mass is 1070 g/mol. The van der Waals surface area contributed by atoms with E-state index >= 15 is 0 Å². The maximum Gasteiger partial charge on any atom is 0.306 e. The number of rotatable bonds is 63. The number of hydrogen-bond donors (Lipinski definition) is 0. The number of hydrogen-bond acceptors (Lipinski definition) is 6. The second kappa shape index (κ2) is 65.2. The van der Waals surface area contributed by atoms with Crippen LogP contribution in [0.25, 0.3) is 0 Å². The van der Waals surface area contributed by atoms with Gasteiger partial charge in [-0.1, -0.05) is 340 Å². The smallest absolute Gasteiger partial charge is 0.306 e. The summed E-state index contributed by atoms with van der Waals surface area (Å²) in [6.07, 6.45) is 80.4. The topological polar surface area (TPSA) is 78.9 Å². The summed E-state index contributed by atoms with van der Waals surface area (Å²) < 4.78 is 16.9. The average molecular weight is 1070 g/mol. The maximum atomic E-state index is 12.9. The fourth-order valence-electron chi connectivity index (χ4n) is 10.3. The third-order valence-electron chi connectivity index (χ3n) is 15.4. The zero-order valence-electron chi connectivity index (χ0n) is 51.3. The van der Waals surface area contributed by atoms with E-state index in [1.807, 2.05) is 0 Å². The molecule has 0 heterocycles. The maximum absolute atomic E-state index is 12.9. The molecule has 0 aliphatic carbocycles. The molecule has 0 spiro atoms. The van der Waals surface area contributed by atoms with Crippen LogP contribution in [0, 0.1) is 0 Å². The molecule has 76 heavy (non-hydrogen) atoms. The number of unbranched alkanes of at least 4 members (excludes halogenated alkanes) is 46. The molecular weight excluding hydrogens is 937 g/mol. The summed E-state index contributed by atoms with van der Waals surface area (Å²) >= 11 is 0. The lowest BCUT2D eigenvalue weighted by Gasteiger charge is -2.18. The van der Waals surface area contributed by atoms with Crippen LogP contribution >= 0.6 is 0 Å². The van der Waals surface area contributed by atoms with Gasteiger partial charge in [0.1, 0.15) is 13.2 Å². The number of carbonyl (C=O) groups excluding carboxylic acids is 3. The fourth-order valence-corrected chi connectivity index (χ4v) is 10.3. The molecule has 0 rings (SSSR count). The molecule has 0 saturated heterocycles. The van der Waals surface area contributed by atoms with Crippen LogP contribution in [0.5, 0.6) is 0 Å². The van der Waals surface area contributed by atoms with Crippen LogP contribution in [0.3, 0.4) is 0 Å². The van der Waals surface area contributed by atoms with Gasteiger partial charge in [0.25, 0.3) is 0 Å². The molecule has 6 nitrogen and oxygen atoms in total. The van der Waals surface area contributed by atoms with E-state index < -0.39 is 6.10 Å². The second-order valence-electron chi connectivity index (χ2n) is 23.1. The summed E-state index contributed by atoms with van der Waals surface area (Å²) in [6, 6.07) is 0. The number of esters is 3. The molecule has 0 aromatic heterocycles. The van der Waals surface area contributed by atoms with Crippen LogP contribution in [-0.2, 0) is 28.6 Å². The van der Waals surface area contributed by atoms with Gasteiger partial charge in [-0.2, -0.15) is 0 Å². The molecule has 0 saturated carbocycles. The molecule has 1 unspecified atom stereocenters. The van der Waals surface area contributed by atoms with Crippen molar-refractivity contribution in [1.29, 1.82) is 0 Å². The van der Waals surface area contributed by atoms with Gasteiger partial charge in [0.15, 0.2) is 6.10 Å². The van der Waals surface area contributed by atoms with Crippen LogP contribution in [-0.4, -0.2) is 37.2 Å². The van der Waals surface area contributed by atoms with Gasteiger partial charge in [-0.05, 0) is 51.4 Å². The summed E-state index contributed by atoms with van der Waals surface area (Å²) in [6.45, 7) is 6.58. The van der Waals surface area contributed by atoms with E-state index in [-0.39, 0.29) is 31.1 Å². The van der Waals surface area contributed by atoms with Crippen LogP contribution in [0.4, 0.5) is 0 Å². The van der Waals surface area contributed by atoms with E-state index in [2.05, 4.69) is 57.2 Å². The lowest BCUT2D eigenvalue weighted by molar-refractivity contribution is -0.167. The Morgan fingerprint density at radius 3 is 0.803 bits per heavy atom. The van der Waals surface area contributed by atoms with Crippen molar-refractivity contribution in [2.45, 2.75) is 380 Å². The van der Waals surface area contributed by atoms with Crippen LogP contribution in [0.15, 0.2) is 36.5 Å². The predicted octanol–water partition coefficient (Wildman–Crippen LogP) is 23.2. The molecule has 0 radical (unpaired) electrons. The molecule has 6 heteroatoms. The fraction of sp³-hybridized carbons (Fsp3) is 0.871. The summed E-state index contributed by atoms with van der Waals surface area (Å²) in [5, 5.41) is 0. The quantitative estimate of drug-likeness (QED) is 0.0261. The van der Waals surface area contributed by atoms with Crippen molar-refractivity contribution in [3.63, 3.8) is 0 Å². The summed E-state index contributed by atoms with van der Waals surface area (Å²) in [5.74, 6) is -0.865. The van der Waals surface area contributed by atoms with Gasteiger partial charge in [-0.3, -0.25) is 14.4 Å². The molecule has 0 aromatic rings. The summed E-state index contributed by atoms with van der Waals surface area (Å²) in [4.78, 5) is 38.3. The van der Waals surface area contributed by atoms with Gasteiger partial charge in [-0.25, -0.2) is 0 Å². The highest BCUT2D eigenvalue weighted by molar-refractivity contribution is 5.71. The highest BCUT2D eigenvalue weighted by Crippen LogP contribution is 2.19. The van der Waals surface area contributed by atoms with Crippen molar-refractivity contribution in [2.24, 2.45) is 0 Å². The highest BCUT2D eigenvalue weighted by Gasteiger charge is 2.19. The number of carbonyl (C=O) groups is 3. The van der Waals surface area contributed by atoms with Gasteiger partial charge in [0.05, 0.1) is 0 Å². The van der Waals surface area contributed by atoms with Crippen LogP contribution in [0.2, 0.25) is 0 Å². The van der Waals surface area contributed by atoms with Gasteiger partial charge in [0.2, 0.25) is 0 Å². The first-order chi connectivity index (χ1) is 37.5. The van der Waals surface area contributed by atoms with Gasteiger partial charge in [-0.15, -0.1) is 0 Å². The molecule has 0 amide bonds. The summed E-state index contributed by atoms with van der Waals surface area (Å²) in [5.41, 5.74) is 0. The molecule has 0 aromatic carbocycles. The molecule has 1 atom stereocenters. The first-order valence-electron chi connectivity index (χ1n) is 34.0. The Bertz CT molecular complexity index is 1270. The third-order valence-corrected chi connectivity index (χ3v) is 15.4. The van der Waals surface area contributed by atoms with E-state index in [0.717, 1.165) is 96.3 Å². The molecule has 0 fully saturated rings. The SMILES string of the molecule is CC/C=C\C/C=C\C/C=C\CCCCCCCC(=O)OC(COC(=O)CCCCCCCCCCCCCCCC)COC(=O)CCCCCCCCCCCCCCCCCCCCCCCCCCCCCCC. The Labute approximate surface area is 474 Å². The Morgan fingerprint density at radius 2 is 0.513 bits per heavy atom. The van der Waals surface area contributed by atoms with Crippen molar-refractivity contribution in [1.82, 2.24) is 0 Å². The predicted molar refractivity (Wildman–Crippen MR) is 330 cm³/mol. The van der Waals surface area contributed by atoms with E-state index in [0.29, 0.717) is 19.3 Å². The Hall–Kier alpha value is -2.37. The molecule has 0 N–H and O–H groups in total.